The van der Waals surface area contributed by atoms with Gasteiger partial charge in [-0.2, -0.15) is 18.3 Å². The number of carbonyl (C=O) groups excluding carboxylic acids is 1. The number of hydrogen-bond donors (Lipinski definition) is 0. The maximum atomic E-state index is 12.8. The highest BCUT2D eigenvalue weighted by Gasteiger charge is 2.36. The summed E-state index contributed by atoms with van der Waals surface area (Å²) in [5, 5.41) is 3.43. The summed E-state index contributed by atoms with van der Waals surface area (Å²) in [7, 11) is 1.36. The molecule has 2 saturated heterocycles. The molecular formula is C16H23F3N4O2. The molecule has 1 aromatic rings. The highest BCUT2D eigenvalue weighted by Crippen LogP contribution is 2.28. The summed E-state index contributed by atoms with van der Waals surface area (Å²) in [6.45, 7) is 4.24. The van der Waals surface area contributed by atoms with Gasteiger partial charge in [-0.3, -0.25) is 9.48 Å². The number of ether oxygens (including phenoxy) is 1. The number of rotatable bonds is 3. The van der Waals surface area contributed by atoms with Crippen LogP contribution in [-0.2, 0) is 18.0 Å². The molecule has 0 aromatic carbocycles. The molecule has 25 heavy (non-hydrogen) atoms. The standard InChI is InChI=1S/C16H23F3N4O2/c1-21-13(9-14(20-21)16(17,18)19)15(24)23-7-4-8-25-12(11-23)10-22-5-2-3-6-22/h9,12H,2-8,10-11H2,1H3. The molecule has 9 heteroatoms. The van der Waals surface area contributed by atoms with Crippen molar-refractivity contribution in [3.05, 3.63) is 17.5 Å². The third-order valence-corrected chi connectivity index (χ3v) is 4.69. The zero-order valence-corrected chi connectivity index (χ0v) is 14.3. The highest BCUT2D eigenvalue weighted by atomic mass is 19.4. The van der Waals surface area contributed by atoms with Crippen LogP contribution in [0.2, 0.25) is 0 Å². The van der Waals surface area contributed by atoms with Crippen LogP contribution in [0.15, 0.2) is 6.07 Å². The average Bonchev–Trinajstić information content (AvgIpc) is 3.12. The van der Waals surface area contributed by atoms with Crippen molar-refractivity contribution in [1.82, 2.24) is 19.6 Å². The molecule has 2 aliphatic rings. The first kappa shape index (κ1) is 18.2. The van der Waals surface area contributed by atoms with Crippen LogP contribution in [0.1, 0.15) is 35.4 Å². The molecule has 3 heterocycles. The molecule has 6 nitrogen and oxygen atoms in total. The van der Waals surface area contributed by atoms with Crippen LogP contribution in [0.4, 0.5) is 13.2 Å². The van der Waals surface area contributed by atoms with E-state index in [0.29, 0.717) is 26.1 Å². The van der Waals surface area contributed by atoms with Gasteiger partial charge in [0.05, 0.1) is 6.10 Å². The molecule has 140 valence electrons. The van der Waals surface area contributed by atoms with E-state index in [0.717, 1.165) is 30.4 Å². The van der Waals surface area contributed by atoms with Crippen molar-refractivity contribution in [3.8, 4) is 0 Å². The average molecular weight is 360 g/mol. The zero-order chi connectivity index (χ0) is 18.0. The van der Waals surface area contributed by atoms with Crippen LogP contribution in [0.25, 0.3) is 0 Å². The Morgan fingerprint density at radius 1 is 1.28 bits per heavy atom. The van der Waals surface area contributed by atoms with E-state index < -0.39 is 17.8 Å². The van der Waals surface area contributed by atoms with E-state index in [9.17, 15) is 18.0 Å². The normalized spacial score (nSPS) is 23.0. The second-order valence-corrected chi connectivity index (χ2v) is 6.64. The van der Waals surface area contributed by atoms with E-state index in [4.69, 9.17) is 4.74 Å². The van der Waals surface area contributed by atoms with Crippen molar-refractivity contribution in [1.29, 1.82) is 0 Å². The van der Waals surface area contributed by atoms with Crippen LogP contribution in [0.5, 0.6) is 0 Å². The maximum Gasteiger partial charge on any atom is 0.435 e. The number of aryl methyl sites for hydroxylation is 1. The Hall–Kier alpha value is -1.61. The lowest BCUT2D eigenvalue weighted by atomic mass is 10.2. The predicted molar refractivity (Wildman–Crippen MR) is 84.1 cm³/mol. The summed E-state index contributed by atoms with van der Waals surface area (Å²) < 4.78 is 45.3. The first-order valence-corrected chi connectivity index (χ1v) is 8.59. The quantitative estimate of drug-likeness (QED) is 0.824. The van der Waals surface area contributed by atoms with E-state index >= 15 is 0 Å². The molecule has 3 rings (SSSR count). The fourth-order valence-electron chi connectivity index (χ4n) is 3.41. The van der Waals surface area contributed by atoms with E-state index in [1.165, 1.54) is 19.9 Å². The fourth-order valence-corrected chi connectivity index (χ4v) is 3.41. The summed E-state index contributed by atoms with van der Waals surface area (Å²) >= 11 is 0. The van der Waals surface area contributed by atoms with Crippen LogP contribution >= 0.6 is 0 Å². The first-order chi connectivity index (χ1) is 11.8. The van der Waals surface area contributed by atoms with Gasteiger partial charge in [0, 0.05) is 39.4 Å². The number of amides is 1. The van der Waals surface area contributed by atoms with E-state index in [2.05, 4.69) is 10.00 Å². The molecule has 0 N–H and O–H groups in total. The second-order valence-electron chi connectivity index (χ2n) is 6.64. The maximum absolute atomic E-state index is 12.8. The largest absolute Gasteiger partial charge is 0.435 e. The van der Waals surface area contributed by atoms with Gasteiger partial charge >= 0.3 is 6.18 Å². The van der Waals surface area contributed by atoms with Crippen LogP contribution in [0.3, 0.4) is 0 Å². The molecule has 0 aliphatic carbocycles. The number of carbonyl (C=O) groups is 1. The molecule has 1 unspecified atom stereocenters. The number of hydrogen-bond acceptors (Lipinski definition) is 4. The first-order valence-electron chi connectivity index (χ1n) is 8.59. The van der Waals surface area contributed by atoms with Gasteiger partial charge in [0.15, 0.2) is 5.69 Å². The summed E-state index contributed by atoms with van der Waals surface area (Å²) in [6.07, 6.45) is -1.65. The molecule has 0 spiro atoms. The van der Waals surface area contributed by atoms with E-state index in [-0.39, 0.29) is 11.8 Å². The Labute approximate surface area is 144 Å². The molecule has 2 aliphatic heterocycles. The summed E-state index contributed by atoms with van der Waals surface area (Å²) in [4.78, 5) is 16.6. The van der Waals surface area contributed by atoms with Crippen molar-refractivity contribution in [2.24, 2.45) is 7.05 Å². The molecule has 0 bridgehead atoms. The number of alkyl halides is 3. The van der Waals surface area contributed by atoms with E-state index in [1.807, 2.05) is 0 Å². The number of halogens is 3. The van der Waals surface area contributed by atoms with Crippen LogP contribution in [0, 0.1) is 0 Å². The van der Waals surface area contributed by atoms with Gasteiger partial charge in [0.2, 0.25) is 0 Å². The van der Waals surface area contributed by atoms with Gasteiger partial charge in [-0.25, -0.2) is 0 Å². The Kier molecular flexibility index (Phi) is 5.33. The molecule has 0 radical (unpaired) electrons. The monoisotopic (exact) mass is 360 g/mol. The van der Waals surface area contributed by atoms with Gasteiger partial charge < -0.3 is 14.5 Å². The van der Waals surface area contributed by atoms with Crippen molar-refractivity contribution in [3.63, 3.8) is 0 Å². The third kappa shape index (κ3) is 4.33. The minimum absolute atomic E-state index is 0.0471. The van der Waals surface area contributed by atoms with E-state index in [1.54, 1.807) is 4.90 Å². The minimum atomic E-state index is -4.56. The second kappa shape index (κ2) is 7.33. The summed E-state index contributed by atoms with van der Waals surface area (Å²) in [6, 6.07) is 0.823. The number of nitrogens with zero attached hydrogens (tertiary/aromatic N) is 4. The zero-order valence-electron chi connectivity index (χ0n) is 14.3. The van der Waals surface area contributed by atoms with Gasteiger partial charge in [0.25, 0.3) is 5.91 Å². The molecule has 2 fully saturated rings. The number of aromatic nitrogens is 2. The van der Waals surface area contributed by atoms with Gasteiger partial charge in [0.1, 0.15) is 5.69 Å². The molecular weight excluding hydrogens is 337 g/mol. The van der Waals surface area contributed by atoms with Crippen molar-refractivity contribution >= 4 is 5.91 Å². The summed E-state index contributed by atoms with van der Waals surface area (Å²) in [5.74, 6) is -0.428. The van der Waals surface area contributed by atoms with Gasteiger partial charge in [-0.05, 0) is 32.4 Å². The molecule has 1 aromatic heterocycles. The van der Waals surface area contributed by atoms with Crippen LogP contribution < -0.4 is 0 Å². The molecule has 0 saturated carbocycles. The lowest BCUT2D eigenvalue weighted by Crippen LogP contribution is -2.42. The smallest absolute Gasteiger partial charge is 0.375 e. The Balaban J connectivity index is 1.70. The lowest BCUT2D eigenvalue weighted by Gasteiger charge is -2.27. The molecule has 1 atom stereocenters. The third-order valence-electron chi connectivity index (χ3n) is 4.69. The van der Waals surface area contributed by atoms with Crippen molar-refractivity contribution in [2.75, 3.05) is 39.3 Å². The Bertz CT molecular complexity index is 611. The summed E-state index contributed by atoms with van der Waals surface area (Å²) in [5.41, 5.74) is -1.09. The molecule has 1 amide bonds. The topological polar surface area (TPSA) is 50.6 Å². The SMILES string of the molecule is Cn1nc(C(F)(F)F)cc1C(=O)N1CCCOC(CN2CCCC2)C1. The van der Waals surface area contributed by atoms with Crippen molar-refractivity contribution in [2.45, 2.75) is 31.5 Å². The fraction of sp³-hybridized carbons (Fsp3) is 0.750. The van der Waals surface area contributed by atoms with Gasteiger partial charge in [-0.1, -0.05) is 0 Å². The van der Waals surface area contributed by atoms with Gasteiger partial charge in [-0.15, -0.1) is 0 Å². The minimum Gasteiger partial charge on any atom is -0.375 e. The highest BCUT2D eigenvalue weighted by molar-refractivity contribution is 5.92. The number of likely N-dealkylation sites (tertiary alicyclic amines) is 1. The Morgan fingerprint density at radius 2 is 2.00 bits per heavy atom. The predicted octanol–water partition coefficient (Wildman–Crippen LogP) is 1.77. The Morgan fingerprint density at radius 3 is 2.64 bits per heavy atom. The lowest BCUT2D eigenvalue weighted by molar-refractivity contribution is -0.141. The van der Waals surface area contributed by atoms with Crippen molar-refractivity contribution < 1.29 is 22.7 Å². The van der Waals surface area contributed by atoms with Crippen LogP contribution in [-0.4, -0.2) is 70.9 Å².